The minimum atomic E-state index is -2.35. The molecular weight excluding hydrogens is 400 g/mol. The SMILES string of the molecule is C[C@@H]1COCCN1c1cc(N=S(C)(=O)C2CCC2)nc(-c2ccnc3[nH]ccc23)n1. The van der Waals surface area contributed by atoms with E-state index in [1.165, 1.54) is 0 Å². The van der Waals surface area contributed by atoms with Gasteiger partial charge < -0.3 is 14.6 Å². The summed E-state index contributed by atoms with van der Waals surface area (Å²) in [6.45, 7) is 4.17. The molecule has 1 N–H and O–H groups in total. The Morgan fingerprint density at radius 1 is 1.30 bits per heavy atom. The summed E-state index contributed by atoms with van der Waals surface area (Å²) >= 11 is 0. The topological polar surface area (TPSA) is 96.4 Å². The van der Waals surface area contributed by atoms with Crippen molar-refractivity contribution in [3.05, 3.63) is 30.6 Å². The Balaban J connectivity index is 1.66. The Labute approximate surface area is 176 Å². The fraction of sp³-hybridized carbons (Fsp3) is 0.476. The van der Waals surface area contributed by atoms with E-state index in [4.69, 9.17) is 14.7 Å². The molecule has 1 saturated heterocycles. The lowest BCUT2D eigenvalue weighted by Gasteiger charge is -2.34. The number of H-pyrrole nitrogens is 1. The third kappa shape index (κ3) is 3.56. The second-order valence-corrected chi connectivity index (χ2v) is 10.7. The molecule has 5 rings (SSSR count). The highest BCUT2D eigenvalue weighted by atomic mass is 32.2. The Morgan fingerprint density at radius 2 is 2.17 bits per heavy atom. The summed E-state index contributed by atoms with van der Waals surface area (Å²) in [6.07, 6.45) is 8.42. The van der Waals surface area contributed by atoms with Crippen LogP contribution in [0.4, 0.5) is 11.6 Å². The molecule has 0 amide bonds. The number of nitrogens with one attached hydrogen (secondary N) is 1. The lowest BCUT2D eigenvalue weighted by molar-refractivity contribution is 0.0985. The van der Waals surface area contributed by atoms with Crippen LogP contribution >= 0.6 is 0 Å². The molecule has 0 aromatic carbocycles. The predicted octanol–water partition coefficient (Wildman–Crippen LogP) is 3.53. The second kappa shape index (κ2) is 7.63. The van der Waals surface area contributed by atoms with E-state index < -0.39 is 9.73 Å². The third-order valence-corrected chi connectivity index (χ3v) is 8.27. The molecule has 1 saturated carbocycles. The van der Waals surface area contributed by atoms with E-state index >= 15 is 0 Å². The first kappa shape index (κ1) is 19.4. The van der Waals surface area contributed by atoms with Crippen LogP contribution in [0.25, 0.3) is 22.4 Å². The summed E-state index contributed by atoms with van der Waals surface area (Å²) in [5, 5.41) is 1.10. The van der Waals surface area contributed by atoms with E-state index in [1.54, 1.807) is 12.5 Å². The molecular formula is C21H26N6O2S. The van der Waals surface area contributed by atoms with Crippen molar-refractivity contribution in [1.82, 2.24) is 19.9 Å². The fourth-order valence-electron chi connectivity index (χ4n) is 4.03. The number of hydrogen-bond donors (Lipinski definition) is 1. The van der Waals surface area contributed by atoms with Crippen LogP contribution in [0, 0.1) is 0 Å². The van der Waals surface area contributed by atoms with Crippen molar-refractivity contribution in [2.24, 2.45) is 4.36 Å². The Hall–Kier alpha value is -2.52. The van der Waals surface area contributed by atoms with Crippen molar-refractivity contribution in [3.8, 4) is 11.4 Å². The van der Waals surface area contributed by atoms with Gasteiger partial charge in [-0.15, -0.1) is 0 Å². The second-order valence-electron chi connectivity index (χ2n) is 8.13. The van der Waals surface area contributed by atoms with Gasteiger partial charge in [-0.3, -0.25) is 0 Å². The van der Waals surface area contributed by atoms with Crippen molar-refractivity contribution < 1.29 is 8.95 Å². The first-order chi connectivity index (χ1) is 14.5. The number of pyridine rings is 1. The molecule has 1 aliphatic heterocycles. The van der Waals surface area contributed by atoms with Gasteiger partial charge in [-0.25, -0.2) is 19.2 Å². The van der Waals surface area contributed by atoms with Gasteiger partial charge in [0.25, 0.3) is 0 Å². The molecule has 0 radical (unpaired) electrons. The number of hydrogen-bond acceptors (Lipinski definition) is 7. The monoisotopic (exact) mass is 426 g/mol. The minimum Gasteiger partial charge on any atom is -0.377 e. The predicted molar refractivity (Wildman–Crippen MR) is 119 cm³/mol. The normalized spacial score (nSPS) is 21.9. The maximum absolute atomic E-state index is 13.2. The van der Waals surface area contributed by atoms with E-state index in [9.17, 15) is 4.21 Å². The third-order valence-electron chi connectivity index (χ3n) is 6.01. The molecule has 2 fully saturated rings. The van der Waals surface area contributed by atoms with E-state index in [1.807, 2.05) is 24.4 Å². The Morgan fingerprint density at radius 3 is 2.93 bits per heavy atom. The Kier molecular flexibility index (Phi) is 4.94. The van der Waals surface area contributed by atoms with Crippen LogP contribution in [0.2, 0.25) is 0 Å². The highest BCUT2D eigenvalue weighted by molar-refractivity contribution is 7.93. The molecule has 1 unspecified atom stereocenters. The molecule has 158 valence electrons. The van der Waals surface area contributed by atoms with Crippen molar-refractivity contribution >= 4 is 32.4 Å². The first-order valence-corrected chi connectivity index (χ1v) is 12.4. The number of morpholine rings is 1. The molecule has 30 heavy (non-hydrogen) atoms. The van der Waals surface area contributed by atoms with Crippen LogP contribution in [0.5, 0.6) is 0 Å². The number of fused-ring (bicyclic) bond motifs is 1. The van der Waals surface area contributed by atoms with Crippen molar-refractivity contribution in [3.63, 3.8) is 0 Å². The maximum atomic E-state index is 13.2. The summed E-state index contributed by atoms with van der Waals surface area (Å²) in [4.78, 5) is 19.3. The van der Waals surface area contributed by atoms with Gasteiger partial charge in [0.05, 0.1) is 29.0 Å². The number of nitrogens with zero attached hydrogens (tertiary/aromatic N) is 5. The van der Waals surface area contributed by atoms with Crippen LogP contribution < -0.4 is 4.90 Å². The van der Waals surface area contributed by atoms with Gasteiger partial charge >= 0.3 is 0 Å². The minimum absolute atomic E-state index is 0.152. The largest absolute Gasteiger partial charge is 0.377 e. The van der Waals surface area contributed by atoms with E-state index in [2.05, 4.69) is 26.2 Å². The molecule has 0 spiro atoms. The molecule has 9 heteroatoms. The van der Waals surface area contributed by atoms with Crippen LogP contribution in [-0.4, -0.2) is 61.5 Å². The van der Waals surface area contributed by atoms with Gasteiger partial charge in [0.15, 0.2) is 11.6 Å². The van der Waals surface area contributed by atoms with Gasteiger partial charge in [0.2, 0.25) is 0 Å². The molecule has 8 nitrogen and oxygen atoms in total. The van der Waals surface area contributed by atoms with Gasteiger partial charge in [-0.05, 0) is 31.9 Å². The zero-order valence-corrected chi connectivity index (χ0v) is 18.1. The Bertz CT molecular complexity index is 1200. The first-order valence-electron chi connectivity index (χ1n) is 10.4. The van der Waals surface area contributed by atoms with Gasteiger partial charge in [-0.2, -0.15) is 4.36 Å². The average molecular weight is 427 g/mol. The van der Waals surface area contributed by atoms with Crippen molar-refractivity contribution in [2.75, 3.05) is 30.9 Å². The van der Waals surface area contributed by atoms with Gasteiger partial charge in [0.1, 0.15) is 11.5 Å². The summed E-state index contributed by atoms with van der Waals surface area (Å²) < 4.78 is 23.5. The van der Waals surface area contributed by atoms with E-state index in [-0.39, 0.29) is 11.3 Å². The standard InChI is InChI=1S/C21H26N6O2S/c1-14-13-29-11-10-27(14)19-12-18(26-30(2,28)15-4-3-5-15)24-21(25-19)17-7-9-23-20-16(17)6-8-22-20/h6-9,12,14-15H,3-5,10-11,13H2,1-2H3,(H,22,23)/t14-,30?/m1/s1. The molecule has 4 heterocycles. The molecule has 3 aromatic rings. The van der Waals surface area contributed by atoms with Crippen LogP contribution in [-0.2, 0) is 14.5 Å². The molecule has 2 aliphatic rings. The average Bonchev–Trinajstić information content (AvgIpc) is 3.14. The quantitative estimate of drug-likeness (QED) is 0.686. The number of aromatic amines is 1. The van der Waals surface area contributed by atoms with Gasteiger partial charge in [0, 0.05) is 47.5 Å². The van der Waals surface area contributed by atoms with Crippen LogP contribution in [0.3, 0.4) is 0 Å². The van der Waals surface area contributed by atoms with E-state index in [0.717, 1.165) is 48.2 Å². The van der Waals surface area contributed by atoms with E-state index in [0.29, 0.717) is 24.9 Å². The lowest BCUT2D eigenvalue weighted by Crippen LogP contribution is -2.44. The molecule has 1 aliphatic carbocycles. The van der Waals surface area contributed by atoms with Crippen LogP contribution in [0.1, 0.15) is 26.2 Å². The molecule has 2 atom stereocenters. The van der Waals surface area contributed by atoms with Crippen LogP contribution in [0.15, 0.2) is 35.0 Å². The van der Waals surface area contributed by atoms with Crippen molar-refractivity contribution in [2.45, 2.75) is 37.5 Å². The molecule has 0 bridgehead atoms. The highest BCUT2D eigenvalue weighted by Crippen LogP contribution is 2.32. The zero-order valence-electron chi connectivity index (χ0n) is 17.2. The highest BCUT2D eigenvalue weighted by Gasteiger charge is 2.27. The number of rotatable bonds is 4. The molecule has 3 aromatic heterocycles. The van der Waals surface area contributed by atoms with Gasteiger partial charge in [-0.1, -0.05) is 6.42 Å². The summed E-state index contributed by atoms with van der Waals surface area (Å²) in [5.74, 6) is 1.84. The summed E-state index contributed by atoms with van der Waals surface area (Å²) in [7, 11) is -2.35. The smallest absolute Gasteiger partial charge is 0.167 e. The fourth-order valence-corrected chi connectivity index (χ4v) is 5.85. The number of ether oxygens (including phenoxy) is 1. The van der Waals surface area contributed by atoms with Crippen molar-refractivity contribution in [1.29, 1.82) is 0 Å². The number of aromatic nitrogens is 4. The summed E-state index contributed by atoms with van der Waals surface area (Å²) in [5.41, 5.74) is 1.67. The lowest BCUT2D eigenvalue weighted by atomic mass is 10.0. The summed E-state index contributed by atoms with van der Waals surface area (Å²) in [6, 6.07) is 5.94. The number of anilines is 1. The zero-order chi connectivity index (χ0) is 20.7. The maximum Gasteiger partial charge on any atom is 0.167 e.